The van der Waals surface area contributed by atoms with E-state index >= 15 is 0 Å². The van der Waals surface area contributed by atoms with Crippen molar-refractivity contribution in [3.05, 3.63) is 0 Å². The van der Waals surface area contributed by atoms with Gasteiger partial charge in [0.25, 0.3) is 0 Å². The molecule has 5 fully saturated rings. The molecule has 0 radical (unpaired) electrons. The minimum atomic E-state index is 0.369. The summed E-state index contributed by atoms with van der Waals surface area (Å²) < 4.78 is 5.68. The molecule has 5 aliphatic rings. The maximum Gasteiger partial charge on any atom is 0.0509 e. The number of nitrogens with two attached hydrogens (primary N) is 1. The molecule has 4 aliphatic carbocycles. The molecule has 1 saturated heterocycles. The summed E-state index contributed by atoms with van der Waals surface area (Å²) in [6, 6.07) is 0.369. The summed E-state index contributed by atoms with van der Waals surface area (Å²) in [5, 5.41) is 0. The number of rotatable bonds is 3. The van der Waals surface area contributed by atoms with Gasteiger partial charge in [-0.1, -0.05) is 13.8 Å². The standard InChI is InChI=1S/C19H33NO/c1-17-6-14-7-18(2,11-17)13-19(8-14,12-17)9-16(20)15-4-3-5-21-10-15/h14-16H,3-13,20H2,1-2H3. The predicted molar refractivity (Wildman–Crippen MR) is 86.0 cm³/mol. The van der Waals surface area contributed by atoms with Gasteiger partial charge >= 0.3 is 0 Å². The zero-order valence-corrected chi connectivity index (χ0v) is 14.0. The summed E-state index contributed by atoms with van der Waals surface area (Å²) in [6.07, 6.45) is 12.6. The fourth-order valence-corrected chi connectivity index (χ4v) is 7.68. The first-order chi connectivity index (χ1) is 9.90. The van der Waals surface area contributed by atoms with E-state index in [0.717, 1.165) is 19.1 Å². The van der Waals surface area contributed by atoms with Crippen molar-refractivity contribution in [2.45, 2.75) is 77.7 Å². The van der Waals surface area contributed by atoms with E-state index in [1.807, 2.05) is 0 Å². The summed E-state index contributed by atoms with van der Waals surface area (Å²) in [4.78, 5) is 0. The first kappa shape index (κ1) is 14.5. The van der Waals surface area contributed by atoms with E-state index in [9.17, 15) is 0 Å². The van der Waals surface area contributed by atoms with Crippen LogP contribution in [0.4, 0.5) is 0 Å². The van der Waals surface area contributed by atoms with E-state index in [4.69, 9.17) is 10.5 Å². The zero-order chi connectivity index (χ0) is 14.7. The molecule has 0 amide bonds. The highest BCUT2D eigenvalue weighted by atomic mass is 16.5. The van der Waals surface area contributed by atoms with Crippen molar-refractivity contribution < 1.29 is 4.74 Å². The van der Waals surface area contributed by atoms with Crippen LogP contribution in [0.25, 0.3) is 0 Å². The number of hydrogen-bond acceptors (Lipinski definition) is 2. The summed E-state index contributed by atoms with van der Waals surface area (Å²) >= 11 is 0. The lowest BCUT2D eigenvalue weighted by atomic mass is 9.39. The van der Waals surface area contributed by atoms with Crippen molar-refractivity contribution in [1.82, 2.24) is 0 Å². The van der Waals surface area contributed by atoms with E-state index in [1.54, 1.807) is 0 Å². The molecule has 2 nitrogen and oxygen atoms in total. The van der Waals surface area contributed by atoms with E-state index in [-0.39, 0.29) is 0 Å². The van der Waals surface area contributed by atoms with Gasteiger partial charge in [-0.3, -0.25) is 0 Å². The van der Waals surface area contributed by atoms with Crippen LogP contribution >= 0.6 is 0 Å². The van der Waals surface area contributed by atoms with E-state index in [0.29, 0.717) is 28.2 Å². The van der Waals surface area contributed by atoms with Crippen LogP contribution < -0.4 is 5.73 Å². The van der Waals surface area contributed by atoms with Crippen LogP contribution in [0, 0.1) is 28.1 Å². The van der Waals surface area contributed by atoms with Crippen molar-refractivity contribution in [2.24, 2.45) is 33.8 Å². The first-order valence-electron chi connectivity index (χ1n) is 9.23. The topological polar surface area (TPSA) is 35.2 Å². The fraction of sp³-hybridized carbons (Fsp3) is 1.00. The van der Waals surface area contributed by atoms with Gasteiger partial charge in [0.2, 0.25) is 0 Å². The molecule has 0 aromatic carbocycles. The molecule has 2 heteroatoms. The second-order valence-corrected chi connectivity index (χ2v) is 9.98. The minimum Gasteiger partial charge on any atom is -0.381 e. The molecule has 4 atom stereocenters. The Kier molecular flexibility index (Phi) is 3.25. The van der Waals surface area contributed by atoms with Gasteiger partial charge in [0.05, 0.1) is 6.61 Å². The van der Waals surface area contributed by atoms with Gasteiger partial charge in [0.15, 0.2) is 0 Å². The molecule has 0 spiro atoms. The lowest BCUT2D eigenvalue weighted by Gasteiger charge is -2.66. The summed E-state index contributed by atoms with van der Waals surface area (Å²) in [5.74, 6) is 1.61. The quantitative estimate of drug-likeness (QED) is 0.848. The van der Waals surface area contributed by atoms with Crippen LogP contribution in [0.3, 0.4) is 0 Å². The monoisotopic (exact) mass is 291 g/mol. The van der Waals surface area contributed by atoms with Gasteiger partial charge in [0.1, 0.15) is 0 Å². The molecule has 1 heterocycles. The Morgan fingerprint density at radius 3 is 2.38 bits per heavy atom. The van der Waals surface area contributed by atoms with Crippen LogP contribution in [0.1, 0.15) is 71.6 Å². The summed E-state index contributed by atoms with van der Waals surface area (Å²) in [6.45, 7) is 7.00. The van der Waals surface area contributed by atoms with E-state index in [2.05, 4.69) is 13.8 Å². The maximum atomic E-state index is 6.68. The Balaban J connectivity index is 1.51. The Morgan fingerprint density at radius 2 is 1.81 bits per heavy atom. The largest absolute Gasteiger partial charge is 0.381 e. The Hall–Kier alpha value is -0.0800. The van der Waals surface area contributed by atoms with Crippen LogP contribution in [0.5, 0.6) is 0 Å². The highest BCUT2D eigenvalue weighted by molar-refractivity contribution is 5.11. The molecule has 5 rings (SSSR count). The van der Waals surface area contributed by atoms with Crippen molar-refractivity contribution in [3.63, 3.8) is 0 Å². The molecule has 4 bridgehead atoms. The van der Waals surface area contributed by atoms with Gasteiger partial charge in [0, 0.05) is 12.6 Å². The Labute approximate surface area is 130 Å². The van der Waals surface area contributed by atoms with Gasteiger partial charge in [-0.2, -0.15) is 0 Å². The second-order valence-electron chi connectivity index (χ2n) is 9.98. The second kappa shape index (κ2) is 4.71. The third-order valence-electron chi connectivity index (χ3n) is 7.21. The molecule has 120 valence electrons. The van der Waals surface area contributed by atoms with Gasteiger partial charge < -0.3 is 10.5 Å². The van der Waals surface area contributed by atoms with Crippen molar-refractivity contribution in [1.29, 1.82) is 0 Å². The lowest BCUT2D eigenvalue weighted by molar-refractivity contribution is -0.151. The lowest BCUT2D eigenvalue weighted by Crippen LogP contribution is -2.56. The average Bonchev–Trinajstić information content (AvgIpc) is 2.34. The summed E-state index contributed by atoms with van der Waals surface area (Å²) in [7, 11) is 0. The third kappa shape index (κ3) is 2.57. The van der Waals surface area contributed by atoms with Crippen molar-refractivity contribution >= 4 is 0 Å². The van der Waals surface area contributed by atoms with Crippen molar-refractivity contribution in [3.8, 4) is 0 Å². The first-order valence-corrected chi connectivity index (χ1v) is 9.23. The van der Waals surface area contributed by atoms with Gasteiger partial charge in [-0.05, 0) is 85.9 Å². The van der Waals surface area contributed by atoms with E-state index in [1.165, 1.54) is 57.8 Å². The highest BCUT2D eigenvalue weighted by Gasteiger charge is 2.60. The molecular formula is C19H33NO. The normalized spacial score (nSPS) is 53.9. The maximum absolute atomic E-state index is 6.68. The molecular weight excluding hydrogens is 258 g/mol. The molecule has 1 aliphatic heterocycles. The van der Waals surface area contributed by atoms with Crippen LogP contribution in [0.2, 0.25) is 0 Å². The minimum absolute atomic E-state index is 0.369. The average molecular weight is 291 g/mol. The molecule has 4 saturated carbocycles. The smallest absolute Gasteiger partial charge is 0.0509 e. The van der Waals surface area contributed by atoms with Crippen LogP contribution in [-0.2, 0) is 4.74 Å². The van der Waals surface area contributed by atoms with Gasteiger partial charge in [-0.15, -0.1) is 0 Å². The van der Waals surface area contributed by atoms with Crippen molar-refractivity contribution in [2.75, 3.05) is 13.2 Å². The fourth-order valence-electron chi connectivity index (χ4n) is 7.68. The predicted octanol–water partition coefficient (Wildman–Crippen LogP) is 4.13. The SMILES string of the molecule is CC12CC3CC(C)(C1)CC(CC(N)C1CCCOC1)(C3)C2. The van der Waals surface area contributed by atoms with Crippen LogP contribution in [0.15, 0.2) is 0 Å². The zero-order valence-electron chi connectivity index (χ0n) is 14.0. The molecule has 0 aromatic heterocycles. The highest BCUT2D eigenvalue weighted by Crippen LogP contribution is 2.70. The van der Waals surface area contributed by atoms with Gasteiger partial charge in [-0.25, -0.2) is 0 Å². The third-order valence-corrected chi connectivity index (χ3v) is 7.21. The Morgan fingerprint density at radius 1 is 1.10 bits per heavy atom. The Bertz CT molecular complexity index is 396. The molecule has 21 heavy (non-hydrogen) atoms. The van der Waals surface area contributed by atoms with Crippen LogP contribution in [-0.4, -0.2) is 19.3 Å². The number of ether oxygens (including phenoxy) is 1. The molecule has 4 unspecified atom stereocenters. The molecule has 0 aromatic rings. The summed E-state index contributed by atoms with van der Waals surface area (Å²) in [5.41, 5.74) is 8.49. The van der Waals surface area contributed by atoms with E-state index < -0.39 is 0 Å². The number of hydrogen-bond donors (Lipinski definition) is 1. The molecule has 2 N–H and O–H groups in total.